The molecule has 1 heterocycles. The van der Waals surface area contributed by atoms with Crippen molar-refractivity contribution in [3.8, 4) is 11.5 Å². The fourth-order valence-electron chi connectivity index (χ4n) is 3.68. The predicted octanol–water partition coefficient (Wildman–Crippen LogP) is 4.82. The molecule has 3 rings (SSSR count). The van der Waals surface area contributed by atoms with Crippen LogP contribution in [0.1, 0.15) is 27.2 Å². The Morgan fingerprint density at radius 3 is 2.34 bits per heavy atom. The molecule has 3 aromatic rings. The topological polar surface area (TPSA) is 71.6 Å². The molecule has 0 fully saturated rings. The summed E-state index contributed by atoms with van der Waals surface area (Å²) in [7, 11) is -0.804. The summed E-state index contributed by atoms with van der Waals surface area (Å²) in [6, 6.07) is 12.1. The van der Waals surface area contributed by atoms with Crippen molar-refractivity contribution in [1.82, 2.24) is 4.98 Å². The van der Waals surface area contributed by atoms with Crippen molar-refractivity contribution in [2.24, 2.45) is 5.92 Å². The smallest absolute Gasteiger partial charge is 0.264 e. The van der Waals surface area contributed by atoms with Crippen LogP contribution in [0.3, 0.4) is 0 Å². The highest BCUT2D eigenvalue weighted by molar-refractivity contribution is 7.92. The van der Waals surface area contributed by atoms with E-state index in [4.69, 9.17) is 9.47 Å². The lowest BCUT2D eigenvalue weighted by atomic mass is 10.0. The summed E-state index contributed by atoms with van der Waals surface area (Å²) < 4.78 is 39.5. The molecule has 0 bridgehead atoms. The van der Waals surface area contributed by atoms with Crippen LogP contribution in [0.4, 0.5) is 5.69 Å². The number of aromatic nitrogens is 1. The van der Waals surface area contributed by atoms with Crippen LogP contribution < -0.4 is 13.8 Å². The molecule has 0 saturated carbocycles. The van der Waals surface area contributed by atoms with E-state index in [2.05, 4.69) is 18.8 Å². The van der Waals surface area contributed by atoms with Crippen molar-refractivity contribution in [3.05, 3.63) is 48.7 Å². The number of H-pyrrole nitrogens is 1. The normalized spacial score (nSPS) is 12.9. The number of fused-ring (bicyclic) bond motifs is 1. The molecule has 0 aliphatic carbocycles. The Morgan fingerprint density at radius 2 is 1.69 bits per heavy atom. The fraction of sp³-hybridized carbons (Fsp3) is 0.364. The lowest BCUT2D eigenvalue weighted by Gasteiger charge is -2.32. The van der Waals surface area contributed by atoms with Crippen LogP contribution in [0.5, 0.6) is 11.5 Å². The molecular formula is C22H28N2O4S. The average Bonchev–Trinajstić information content (AvgIpc) is 3.14. The number of hydrogen-bond acceptors (Lipinski definition) is 4. The predicted molar refractivity (Wildman–Crippen MR) is 116 cm³/mol. The Bertz CT molecular complexity index is 1090. The van der Waals surface area contributed by atoms with Crippen molar-refractivity contribution in [3.63, 3.8) is 0 Å². The molecule has 7 heteroatoms. The minimum atomic E-state index is -3.82. The zero-order valence-corrected chi connectivity index (χ0v) is 18.3. The number of anilines is 1. The Morgan fingerprint density at radius 1 is 0.966 bits per heavy atom. The number of rotatable bonds is 8. The molecule has 0 radical (unpaired) electrons. The fourth-order valence-corrected chi connectivity index (χ4v) is 5.35. The van der Waals surface area contributed by atoms with Crippen molar-refractivity contribution in [2.75, 3.05) is 18.5 Å². The van der Waals surface area contributed by atoms with Crippen LogP contribution >= 0.6 is 0 Å². The molecule has 156 valence electrons. The molecule has 29 heavy (non-hydrogen) atoms. The third-order valence-electron chi connectivity index (χ3n) is 4.92. The summed E-state index contributed by atoms with van der Waals surface area (Å²) in [6.07, 6.45) is 2.58. The zero-order chi connectivity index (χ0) is 21.2. The van der Waals surface area contributed by atoms with Gasteiger partial charge < -0.3 is 14.5 Å². The summed E-state index contributed by atoms with van der Waals surface area (Å²) in [5, 5.41) is 0.965. The van der Waals surface area contributed by atoms with E-state index in [9.17, 15) is 8.42 Å². The van der Waals surface area contributed by atoms with Gasteiger partial charge in [-0.05, 0) is 55.7 Å². The highest BCUT2D eigenvalue weighted by Gasteiger charge is 2.31. The van der Waals surface area contributed by atoms with Gasteiger partial charge in [0.1, 0.15) is 0 Å². The monoisotopic (exact) mass is 416 g/mol. The van der Waals surface area contributed by atoms with Gasteiger partial charge in [0, 0.05) is 29.2 Å². The van der Waals surface area contributed by atoms with Crippen molar-refractivity contribution in [1.29, 1.82) is 0 Å². The highest BCUT2D eigenvalue weighted by Crippen LogP contribution is 2.34. The third kappa shape index (κ3) is 4.19. The zero-order valence-electron chi connectivity index (χ0n) is 17.5. The molecule has 0 amide bonds. The lowest BCUT2D eigenvalue weighted by Crippen LogP contribution is -2.39. The van der Waals surface area contributed by atoms with E-state index in [-0.39, 0.29) is 10.9 Å². The number of sulfonamides is 1. The van der Waals surface area contributed by atoms with Gasteiger partial charge in [0.2, 0.25) is 0 Å². The molecule has 1 atom stereocenters. The number of hydrogen-bond donors (Lipinski definition) is 1. The van der Waals surface area contributed by atoms with Gasteiger partial charge in [-0.15, -0.1) is 0 Å². The van der Waals surface area contributed by atoms with Crippen LogP contribution in [-0.4, -0.2) is 33.7 Å². The molecule has 0 aliphatic rings. The van der Waals surface area contributed by atoms with E-state index in [0.717, 1.165) is 17.3 Å². The Balaban J connectivity index is 2.13. The van der Waals surface area contributed by atoms with Crippen LogP contribution in [-0.2, 0) is 10.0 Å². The molecular weight excluding hydrogens is 388 g/mol. The summed E-state index contributed by atoms with van der Waals surface area (Å²) in [4.78, 5) is 3.31. The molecule has 2 aromatic carbocycles. The van der Waals surface area contributed by atoms with Gasteiger partial charge in [0.15, 0.2) is 11.5 Å². The average molecular weight is 417 g/mol. The summed E-state index contributed by atoms with van der Waals surface area (Å²) in [5.41, 5.74) is 1.61. The van der Waals surface area contributed by atoms with E-state index >= 15 is 0 Å². The minimum absolute atomic E-state index is 0.167. The maximum atomic E-state index is 13.7. The van der Waals surface area contributed by atoms with Gasteiger partial charge in [-0.2, -0.15) is 0 Å². The summed E-state index contributed by atoms with van der Waals surface area (Å²) >= 11 is 0. The van der Waals surface area contributed by atoms with Crippen LogP contribution in [0, 0.1) is 5.92 Å². The number of ether oxygens (including phenoxy) is 2. The number of benzene rings is 2. The molecule has 1 N–H and O–H groups in total. The maximum Gasteiger partial charge on any atom is 0.264 e. The van der Waals surface area contributed by atoms with Crippen molar-refractivity contribution in [2.45, 2.75) is 38.1 Å². The molecule has 0 unspecified atom stereocenters. The second-order valence-electron chi connectivity index (χ2n) is 7.55. The number of methoxy groups -OCH3 is 2. The quantitative estimate of drug-likeness (QED) is 0.572. The van der Waals surface area contributed by atoms with E-state index in [1.54, 1.807) is 12.1 Å². The largest absolute Gasteiger partial charge is 0.493 e. The molecule has 0 spiro atoms. The third-order valence-corrected chi connectivity index (χ3v) is 6.85. The Kier molecular flexibility index (Phi) is 6.07. The minimum Gasteiger partial charge on any atom is -0.493 e. The Hall–Kier alpha value is -2.67. The van der Waals surface area contributed by atoms with E-state index in [1.165, 1.54) is 24.6 Å². The van der Waals surface area contributed by atoms with E-state index in [0.29, 0.717) is 23.1 Å². The first kappa shape index (κ1) is 21.0. The first-order valence-corrected chi connectivity index (χ1v) is 11.1. The van der Waals surface area contributed by atoms with Gasteiger partial charge in [0.25, 0.3) is 10.0 Å². The van der Waals surface area contributed by atoms with Gasteiger partial charge >= 0.3 is 0 Å². The number of nitrogens with zero attached hydrogens (tertiary/aromatic N) is 1. The summed E-state index contributed by atoms with van der Waals surface area (Å²) in [6.45, 7) is 6.12. The van der Waals surface area contributed by atoms with E-state index < -0.39 is 10.0 Å². The van der Waals surface area contributed by atoms with Gasteiger partial charge in [-0.25, -0.2) is 8.42 Å². The number of nitrogens with one attached hydrogen (secondary N) is 1. The first-order valence-electron chi connectivity index (χ1n) is 9.61. The SMILES string of the molecule is COc1ccc(S(=O)(=O)N(c2ccc3[nH]ccc3c2)[C@H](C)CC(C)C)cc1OC. The van der Waals surface area contributed by atoms with E-state index in [1.807, 2.05) is 37.4 Å². The highest BCUT2D eigenvalue weighted by atomic mass is 32.2. The van der Waals surface area contributed by atoms with Crippen molar-refractivity contribution < 1.29 is 17.9 Å². The van der Waals surface area contributed by atoms with Gasteiger partial charge in [0.05, 0.1) is 24.8 Å². The molecule has 6 nitrogen and oxygen atoms in total. The second kappa shape index (κ2) is 8.37. The summed E-state index contributed by atoms with van der Waals surface area (Å²) in [5.74, 6) is 1.22. The first-order chi connectivity index (χ1) is 13.8. The lowest BCUT2D eigenvalue weighted by molar-refractivity contribution is 0.354. The Labute approximate surface area is 172 Å². The maximum absolute atomic E-state index is 13.7. The van der Waals surface area contributed by atoms with Gasteiger partial charge in [-0.3, -0.25) is 4.31 Å². The molecule has 1 aromatic heterocycles. The van der Waals surface area contributed by atoms with Crippen LogP contribution in [0.25, 0.3) is 10.9 Å². The van der Waals surface area contributed by atoms with Gasteiger partial charge in [-0.1, -0.05) is 13.8 Å². The molecule has 0 aliphatic heterocycles. The molecule has 0 saturated heterocycles. The standard InChI is InChI=1S/C22H28N2O4S/c1-15(2)12-16(3)24(18-6-8-20-17(13-18)10-11-23-20)29(25,26)19-7-9-21(27-4)22(14-19)28-5/h6-11,13-16,23H,12H2,1-5H3/t16-/m1/s1. The van der Waals surface area contributed by atoms with Crippen LogP contribution in [0.2, 0.25) is 0 Å². The second-order valence-corrected chi connectivity index (χ2v) is 9.36. The van der Waals surface area contributed by atoms with Crippen molar-refractivity contribution >= 4 is 26.6 Å². The van der Waals surface area contributed by atoms with Crippen LogP contribution in [0.15, 0.2) is 53.6 Å². The number of aromatic amines is 1.